The van der Waals surface area contributed by atoms with Crippen LogP contribution in [0.5, 0.6) is 0 Å². The number of thiazole rings is 2. The van der Waals surface area contributed by atoms with Gasteiger partial charge in [0.25, 0.3) is 0 Å². The van der Waals surface area contributed by atoms with Gasteiger partial charge in [-0.05, 0) is 6.92 Å². The molecule has 0 bridgehead atoms. The van der Waals surface area contributed by atoms with Crippen molar-refractivity contribution in [1.29, 1.82) is 0 Å². The largest absolute Gasteiger partial charge is 0.355 e. The second-order valence-corrected chi connectivity index (χ2v) is 5.31. The number of hydrogen-bond acceptors (Lipinski definition) is 5. The van der Waals surface area contributed by atoms with Gasteiger partial charge in [-0.2, -0.15) is 0 Å². The summed E-state index contributed by atoms with van der Waals surface area (Å²) in [6.07, 6.45) is 1.64. The Labute approximate surface area is 94.8 Å². The number of halogens is 1. The number of aromatic nitrogens is 2. The maximum atomic E-state index is 5.75. The third-order valence-electron chi connectivity index (χ3n) is 1.53. The van der Waals surface area contributed by atoms with Gasteiger partial charge in [-0.3, -0.25) is 0 Å². The van der Waals surface area contributed by atoms with Crippen molar-refractivity contribution in [2.75, 3.05) is 5.32 Å². The van der Waals surface area contributed by atoms with E-state index < -0.39 is 0 Å². The molecule has 0 spiro atoms. The summed E-state index contributed by atoms with van der Waals surface area (Å²) in [5, 5.41) is 7.10. The number of aryl methyl sites for hydroxylation is 1. The first-order valence-corrected chi connectivity index (χ1v) is 6.07. The van der Waals surface area contributed by atoms with Gasteiger partial charge in [0.15, 0.2) is 5.13 Å². The van der Waals surface area contributed by atoms with Gasteiger partial charge in [-0.1, -0.05) is 22.9 Å². The van der Waals surface area contributed by atoms with E-state index in [9.17, 15) is 0 Å². The molecule has 0 aliphatic rings. The average molecular weight is 246 g/mol. The number of hydrogen-bond donors (Lipinski definition) is 1. The van der Waals surface area contributed by atoms with E-state index in [0.29, 0.717) is 10.9 Å². The van der Waals surface area contributed by atoms with Crippen LogP contribution in [0.2, 0.25) is 4.34 Å². The highest BCUT2D eigenvalue weighted by Crippen LogP contribution is 2.23. The maximum absolute atomic E-state index is 5.75. The molecule has 0 atom stereocenters. The van der Waals surface area contributed by atoms with Gasteiger partial charge in [0.2, 0.25) is 0 Å². The summed E-state index contributed by atoms with van der Waals surface area (Å²) in [5.41, 5.74) is 1.06. The van der Waals surface area contributed by atoms with Gasteiger partial charge in [0, 0.05) is 11.1 Å². The molecule has 2 aromatic heterocycles. The van der Waals surface area contributed by atoms with Crippen molar-refractivity contribution >= 4 is 39.4 Å². The zero-order chi connectivity index (χ0) is 9.97. The fraction of sp³-hybridized carbons (Fsp3) is 0.250. The van der Waals surface area contributed by atoms with Crippen molar-refractivity contribution in [1.82, 2.24) is 9.97 Å². The van der Waals surface area contributed by atoms with Crippen LogP contribution in [0.25, 0.3) is 0 Å². The van der Waals surface area contributed by atoms with Crippen LogP contribution in [0.4, 0.5) is 5.13 Å². The Morgan fingerprint density at radius 2 is 2.43 bits per heavy atom. The van der Waals surface area contributed by atoms with Crippen molar-refractivity contribution in [2.45, 2.75) is 13.5 Å². The second-order valence-electron chi connectivity index (χ2n) is 2.71. The summed E-state index contributed by atoms with van der Waals surface area (Å²) in [7, 11) is 0. The molecular weight excluding hydrogens is 238 g/mol. The van der Waals surface area contributed by atoms with E-state index in [1.807, 2.05) is 12.3 Å². The smallest absolute Gasteiger partial charge is 0.184 e. The average Bonchev–Trinajstić information content (AvgIpc) is 2.72. The van der Waals surface area contributed by atoms with Gasteiger partial charge in [-0.15, -0.1) is 11.3 Å². The van der Waals surface area contributed by atoms with E-state index in [4.69, 9.17) is 11.6 Å². The minimum absolute atomic E-state index is 0.697. The van der Waals surface area contributed by atoms with E-state index in [0.717, 1.165) is 15.8 Å². The van der Waals surface area contributed by atoms with Crippen LogP contribution in [-0.4, -0.2) is 9.97 Å². The molecule has 0 saturated heterocycles. The van der Waals surface area contributed by atoms with Gasteiger partial charge < -0.3 is 5.32 Å². The van der Waals surface area contributed by atoms with Crippen molar-refractivity contribution in [2.24, 2.45) is 0 Å². The predicted molar refractivity (Wildman–Crippen MR) is 61.3 cm³/mol. The summed E-state index contributed by atoms with van der Waals surface area (Å²) in [4.78, 5) is 8.42. The Hall–Kier alpha value is -0.650. The van der Waals surface area contributed by atoms with E-state index >= 15 is 0 Å². The molecule has 2 rings (SSSR count). The monoisotopic (exact) mass is 245 g/mol. The van der Waals surface area contributed by atoms with Crippen LogP contribution >= 0.6 is 34.3 Å². The quantitative estimate of drug-likeness (QED) is 0.903. The zero-order valence-electron chi connectivity index (χ0n) is 7.45. The summed E-state index contributed by atoms with van der Waals surface area (Å²) >= 11 is 8.83. The molecule has 3 nitrogen and oxygen atoms in total. The Morgan fingerprint density at radius 1 is 1.57 bits per heavy atom. The maximum Gasteiger partial charge on any atom is 0.184 e. The summed E-state index contributed by atoms with van der Waals surface area (Å²) < 4.78 is 0.697. The topological polar surface area (TPSA) is 37.8 Å². The predicted octanol–water partition coefficient (Wildman–Crippen LogP) is 3.17. The van der Waals surface area contributed by atoms with Crippen molar-refractivity contribution in [3.63, 3.8) is 0 Å². The minimum atomic E-state index is 0.697. The number of anilines is 1. The standard InChI is InChI=1S/C8H8ClN3S2/c1-5-4-13-7(12-5)3-11-8-10-2-6(9)14-8/h2,4H,3H2,1H3,(H,10,11). The number of nitrogens with zero attached hydrogens (tertiary/aromatic N) is 2. The molecule has 0 unspecified atom stereocenters. The minimum Gasteiger partial charge on any atom is -0.355 e. The molecule has 0 aliphatic heterocycles. The molecular formula is C8H8ClN3S2. The van der Waals surface area contributed by atoms with E-state index in [1.165, 1.54) is 11.3 Å². The van der Waals surface area contributed by atoms with E-state index in [2.05, 4.69) is 15.3 Å². The molecule has 2 aromatic rings. The van der Waals surface area contributed by atoms with Crippen molar-refractivity contribution in [3.8, 4) is 0 Å². The molecule has 0 aliphatic carbocycles. The molecule has 0 radical (unpaired) electrons. The molecule has 0 saturated carbocycles. The summed E-state index contributed by atoms with van der Waals surface area (Å²) in [5.74, 6) is 0. The van der Waals surface area contributed by atoms with Crippen molar-refractivity contribution < 1.29 is 0 Å². The third-order valence-corrected chi connectivity index (χ3v) is 3.57. The van der Waals surface area contributed by atoms with Crippen LogP contribution in [0.1, 0.15) is 10.7 Å². The Balaban J connectivity index is 1.94. The summed E-state index contributed by atoms with van der Waals surface area (Å²) in [6.45, 7) is 2.70. The van der Waals surface area contributed by atoms with Gasteiger partial charge in [0.1, 0.15) is 9.34 Å². The molecule has 0 fully saturated rings. The normalized spacial score (nSPS) is 10.4. The lowest BCUT2D eigenvalue weighted by Gasteiger charge is -1.97. The van der Waals surface area contributed by atoms with Crippen LogP contribution in [0, 0.1) is 6.92 Å². The Morgan fingerprint density at radius 3 is 3.00 bits per heavy atom. The molecule has 2 heterocycles. The van der Waals surface area contributed by atoms with E-state index in [-0.39, 0.29) is 0 Å². The number of rotatable bonds is 3. The fourth-order valence-corrected chi connectivity index (χ4v) is 2.49. The molecule has 74 valence electrons. The zero-order valence-corrected chi connectivity index (χ0v) is 9.84. The molecule has 0 amide bonds. The molecule has 14 heavy (non-hydrogen) atoms. The Bertz CT molecular complexity index is 383. The first kappa shape index (κ1) is 9.89. The highest BCUT2D eigenvalue weighted by atomic mass is 35.5. The lowest BCUT2D eigenvalue weighted by Crippen LogP contribution is -1.97. The second kappa shape index (κ2) is 4.25. The SMILES string of the molecule is Cc1csc(CNc2ncc(Cl)s2)n1. The summed E-state index contributed by atoms with van der Waals surface area (Å²) in [6, 6.07) is 0. The van der Waals surface area contributed by atoms with Gasteiger partial charge in [0.05, 0.1) is 12.7 Å². The van der Waals surface area contributed by atoms with Gasteiger partial charge >= 0.3 is 0 Å². The highest BCUT2D eigenvalue weighted by molar-refractivity contribution is 7.19. The van der Waals surface area contributed by atoms with Crippen LogP contribution in [0.15, 0.2) is 11.6 Å². The first-order chi connectivity index (χ1) is 6.74. The first-order valence-electron chi connectivity index (χ1n) is 4.00. The highest BCUT2D eigenvalue weighted by Gasteiger charge is 2.01. The van der Waals surface area contributed by atoms with Crippen LogP contribution < -0.4 is 5.32 Å². The van der Waals surface area contributed by atoms with Crippen LogP contribution in [-0.2, 0) is 6.54 Å². The third kappa shape index (κ3) is 2.43. The molecule has 0 aromatic carbocycles. The van der Waals surface area contributed by atoms with Crippen LogP contribution in [0.3, 0.4) is 0 Å². The molecule has 6 heteroatoms. The van der Waals surface area contributed by atoms with E-state index in [1.54, 1.807) is 17.5 Å². The lowest BCUT2D eigenvalue weighted by atomic mass is 10.6. The lowest BCUT2D eigenvalue weighted by molar-refractivity contribution is 1.07. The Kier molecular flexibility index (Phi) is 3.00. The fourth-order valence-electron chi connectivity index (χ4n) is 0.971. The van der Waals surface area contributed by atoms with Gasteiger partial charge in [-0.25, -0.2) is 9.97 Å². The van der Waals surface area contributed by atoms with Crippen molar-refractivity contribution in [3.05, 3.63) is 26.6 Å². The number of nitrogens with one attached hydrogen (secondary N) is 1. The molecule has 1 N–H and O–H groups in total.